The Bertz CT molecular complexity index is 431. The molecule has 0 aliphatic heterocycles. The molecule has 0 amide bonds. The zero-order valence-electron chi connectivity index (χ0n) is 10.0. The molecule has 0 bridgehead atoms. The van der Waals surface area contributed by atoms with Crippen LogP contribution in [0.15, 0.2) is 0 Å². The molecule has 5 heteroatoms. The third-order valence-electron chi connectivity index (χ3n) is 3.25. The average molecular weight is 238 g/mol. The van der Waals surface area contributed by atoms with Crippen LogP contribution >= 0.6 is 12.2 Å². The molecule has 1 aliphatic carbocycles. The fourth-order valence-corrected chi connectivity index (χ4v) is 2.09. The molecule has 88 valence electrons. The first-order valence-corrected chi connectivity index (χ1v) is 5.91. The topological polar surface area (TPSA) is 55.9 Å². The Labute approximate surface area is 101 Å². The monoisotopic (exact) mass is 238 g/mol. The molecule has 0 aromatic carbocycles. The number of aromatic nitrogens is 2. The summed E-state index contributed by atoms with van der Waals surface area (Å²) in [6, 6.07) is 0. The summed E-state index contributed by atoms with van der Waals surface area (Å²) in [6.07, 6.45) is 2.58. The third kappa shape index (κ3) is 2.04. The second-order valence-corrected chi connectivity index (χ2v) is 5.40. The molecule has 0 saturated heterocycles. The molecule has 0 atom stereocenters. The lowest BCUT2D eigenvalue weighted by atomic mass is 10.1. The van der Waals surface area contributed by atoms with Gasteiger partial charge in [-0.2, -0.15) is 5.10 Å². The van der Waals surface area contributed by atoms with Crippen molar-refractivity contribution in [1.29, 1.82) is 0 Å². The van der Waals surface area contributed by atoms with Crippen molar-refractivity contribution in [1.82, 2.24) is 9.78 Å². The van der Waals surface area contributed by atoms with Gasteiger partial charge in [0.15, 0.2) is 0 Å². The molecule has 2 rings (SSSR count). The van der Waals surface area contributed by atoms with E-state index in [1.807, 2.05) is 18.7 Å². The molecule has 4 nitrogen and oxygen atoms in total. The summed E-state index contributed by atoms with van der Waals surface area (Å²) in [4.78, 5) is 0.411. The van der Waals surface area contributed by atoms with Crippen LogP contribution < -0.4 is 11.1 Å². The first kappa shape index (κ1) is 11.4. The third-order valence-corrected chi connectivity index (χ3v) is 3.46. The number of thiocarbonyl (C=S) groups is 1. The first-order valence-electron chi connectivity index (χ1n) is 5.50. The maximum atomic E-state index is 5.72. The highest BCUT2D eigenvalue weighted by Gasteiger charge is 2.37. The van der Waals surface area contributed by atoms with Gasteiger partial charge in [-0.1, -0.05) is 19.1 Å². The second kappa shape index (κ2) is 3.73. The van der Waals surface area contributed by atoms with Crippen LogP contribution in [0.2, 0.25) is 0 Å². The largest absolute Gasteiger partial charge is 0.389 e. The predicted octanol–water partition coefficient (Wildman–Crippen LogP) is 1.57. The Hall–Kier alpha value is -1.10. The lowest BCUT2D eigenvalue weighted by molar-refractivity contribution is 0.604. The van der Waals surface area contributed by atoms with Crippen molar-refractivity contribution in [2.24, 2.45) is 18.2 Å². The second-order valence-electron chi connectivity index (χ2n) is 4.96. The molecule has 1 heterocycles. The quantitative estimate of drug-likeness (QED) is 0.782. The Balaban J connectivity index is 2.21. The van der Waals surface area contributed by atoms with Crippen LogP contribution in [0.1, 0.15) is 31.0 Å². The van der Waals surface area contributed by atoms with Crippen LogP contribution in [0.3, 0.4) is 0 Å². The Morgan fingerprint density at radius 1 is 1.62 bits per heavy atom. The summed E-state index contributed by atoms with van der Waals surface area (Å²) in [7, 11) is 1.91. The van der Waals surface area contributed by atoms with Crippen molar-refractivity contribution in [2.45, 2.75) is 26.7 Å². The number of nitrogens with zero attached hydrogens (tertiary/aromatic N) is 2. The Kier molecular flexibility index (Phi) is 2.66. The standard InChI is InChI=1S/C11H18N4S/c1-7-8(9(12)16)10(15(3)14-7)13-6-11(2)4-5-11/h13H,4-6H2,1-3H3,(H2,12,16). The van der Waals surface area contributed by atoms with E-state index in [2.05, 4.69) is 17.3 Å². The van der Waals surface area contributed by atoms with E-state index in [0.29, 0.717) is 10.4 Å². The summed E-state index contributed by atoms with van der Waals surface area (Å²) in [5, 5.41) is 7.76. The molecule has 1 saturated carbocycles. The van der Waals surface area contributed by atoms with E-state index in [1.54, 1.807) is 0 Å². The molecular weight excluding hydrogens is 220 g/mol. The summed E-state index contributed by atoms with van der Waals surface area (Å²) < 4.78 is 1.82. The number of hydrogen-bond acceptors (Lipinski definition) is 3. The highest BCUT2D eigenvalue weighted by Crippen LogP contribution is 2.44. The van der Waals surface area contributed by atoms with Crippen molar-refractivity contribution in [3.05, 3.63) is 11.3 Å². The number of nitrogens with two attached hydrogens (primary N) is 1. The zero-order valence-corrected chi connectivity index (χ0v) is 10.8. The lowest BCUT2D eigenvalue weighted by Crippen LogP contribution is -2.18. The normalized spacial score (nSPS) is 17.2. The first-order chi connectivity index (χ1) is 7.43. The van der Waals surface area contributed by atoms with Crippen LogP contribution in [-0.4, -0.2) is 21.3 Å². The van der Waals surface area contributed by atoms with Crippen molar-refractivity contribution in [3.63, 3.8) is 0 Å². The Morgan fingerprint density at radius 2 is 2.25 bits per heavy atom. The maximum absolute atomic E-state index is 5.72. The molecule has 16 heavy (non-hydrogen) atoms. The van der Waals surface area contributed by atoms with Gasteiger partial charge in [-0.3, -0.25) is 4.68 Å². The van der Waals surface area contributed by atoms with Gasteiger partial charge in [-0.25, -0.2) is 0 Å². The van der Waals surface area contributed by atoms with E-state index in [0.717, 1.165) is 23.6 Å². The van der Waals surface area contributed by atoms with Crippen LogP contribution in [0.5, 0.6) is 0 Å². The molecule has 3 N–H and O–H groups in total. The van der Waals surface area contributed by atoms with E-state index in [4.69, 9.17) is 18.0 Å². The van der Waals surface area contributed by atoms with E-state index in [-0.39, 0.29) is 0 Å². The van der Waals surface area contributed by atoms with Gasteiger partial charge in [-0.15, -0.1) is 0 Å². The maximum Gasteiger partial charge on any atom is 0.134 e. The van der Waals surface area contributed by atoms with Crippen molar-refractivity contribution in [3.8, 4) is 0 Å². The molecule has 1 fully saturated rings. The summed E-state index contributed by atoms with van der Waals surface area (Å²) in [5.41, 5.74) is 7.94. The van der Waals surface area contributed by atoms with Gasteiger partial charge in [0, 0.05) is 13.6 Å². The fraction of sp³-hybridized carbons (Fsp3) is 0.636. The minimum Gasteiger partial charge on any atom is -0.389 e. The van der Waals surface area contributed by atoms with Crippen molar-refractivity contribution < 1.29 is 0 Å². The van der Waals surface area contributed by atoms with Gasteiger partial charge in [0.1, 0.15) is 10.8 Å². The van der Waals surface area contributed by atoms with E-state index >= 15 is 0 Å². The van der Waals surface area contributed by atoms with E-state index < -0.39 is 0 Å². The van der Waals surface area contributed by atoms with Crippen molar-refractivity contribution >= 4 is 23.0 Å². The summed E-state index contributed by atoms with van der Waals surface area (Å²) in [6.45, 7) is 5.17. The number of hydrogen-bond donors (Lipinski definition) is 2. The minimum absolute atomic E-state index is 0.411. The molecule has 0 unspecified atom stereocenters. The van der Waals surface area contributed by atoms with E-state index in [1.165, 1.54) is 12.8 Å². The molecule has 1 aromatic rings. The highest BCUT2D eigenvalue weighted by molar-refractivity contribution is 7.80. The SMILES string of the molecule is Cc1nn(C)c(NCC2(C)CC2)c1C(N)=S. The minimum atomic E-state index is 0.411. The fourth-order valence-electron chi connectivity index (χ4n) is 1.84. The Morgan fingerprint density at radius 3 is 2.75 bits per heavy atom. The predicted molar refractivity (Wildman–Crippen MR) is 69.7 cm³/mol. The molecule has 0 spiro atoms. The summed E-state index contributed by atoms with van der Waals surface area (Å²) >= 11 is 5.06. The van der Waals surface area contributed by atoms with Crippen LogP contribution in [0.25, 0.3) is 0 Å². The van der Waals surface area contributed by atoms with Crippen LogP contribution in [-0.2, 0) is 7.05 Å². The van der Waals surface area contributed by atoms with Crippen molar-refractivity contribution in [2.75, 3.05) is 11.9 Å². The van der Waals surface area contributed by atoms with Gasteiger partial charge in [0.05, 0.1) is 11.3 Å². The van der Waals surface area contributed by atoms with Gasteiger partial charge in [0.2, 0.25) is 0 Å². The highest BCUT2D eigenvalue weighted by atomic mass is 32.1. The molecule has 1 aliphatic rings. The number of aryl methyl sites for hydroxylation is 2. The van der Waals surface area contributed by atoms with Crippen LogP contribution in [0.4, 0.5) is 5.82 Å². The molecular formula is C11H18N4S. The smallest absolute Gasteiger partial charge is 0.134 e. The van der Waals surface area contributed by atoms with Gasteiger partial charge >= 0.3 is 0 Å². The molecule has 0 radical (unpaired) electrons. The number of anilines is 1. The van der Waals surface area contributed by atoms with Gasteiger partial charge in [0.25, 0.3) is 0 Å². The lowest BCUT2D eigenvalue weighted by Gasteiger charge is -2.13. The van der Waals surface area contributed by atoms with Gasteiger partial charge < -0.3 is 11.1 Å². The average Bonchev–Trinajstić information content (AvgIpc) is 2.82. The zero-order chi connectivity index (χ0) is 11.9. The number of rotatable bonds is 4. The molecule has 1 aromatic heterocycles. The number of nitrogens with one attached hydrogen (secondary N) is 1. The summed E-state index contributed by atoms with van der Waals surface area (Å²) in [5.74, 6) is 0.943. The van der Waals surface area contributed by atoms with Crippen LogP contribution in [0, 0.1) is 12.3 Å². The van der Waals surface area contributed by atoms with Gasteiger partial charge in [-0.05, 0) is 25.2 Å². The van der Waals surface area contributed by atoms with E-state index in [9.17, 15) is 0 Å².